The van der Waals surface area contributed by atoms with Crippen molar-refractivity contribution >= 4 is 5.97 Å². The number of carboxylic acid groups (broad SMARTS) is 1. The van der Waals surface area contributed by atoms with Crippen LogP contribution in [0.15, 0.2) is 24.7 Å². The number of nitrogens with zero attached hydrogens (tertiary/aromatic N) is 1. The van der Waals surface area contributed by atoms with Crippen molar-refractivity contribution in [2.24, 2.45) is 0 Å². The van der Waals surface area contributed by atoms with E-state index in [4.69, 9.17) is 15.3 Å². The van der Waals surface area contributed by atoms with Crippen LogP contribution in [-0.4, -0.2) is 45.8 Å². The maximum Gasteiger partial charge on any atom is 0.317 e. The van der Waals surface area contributed by atoms with E-state index < -0.39 is 5.97 Å². The van der Waals surface area contributed by atoms with Crippen molar-refractivity contribution < 1.29 is 20.1 Å². The molecule has 0 aromatic rings. The fraction of sp³-hybridized carbons (Fsp3) is 0.375. The van der Waals surface area contributed by atoms with Gasteiger partial charge in [0.15, 0.2) is 0 Å². The Morgan fingerprint density at radius 3 is 1.92 bits per heavy atom. The predicted molar refractivity (Wildman–Crippen MR) is 47.6 cm³/mol. The second kappa shape index (κ2) is 7.17. The Morgan fingerprint density at radius 2 is 1.62 bits per heavy atom. The van der Waals surface area contributed by atoms with Gasteiger partial charge in [0.05, 0.1) is 19.1 Å². The van der Waals surface area contributed by atoms with Crippen molar-refractivity contribution in [2.45, 2.75) is 0 Å². The van der Waals surface area contributed by atoms with Crippen LogP contribution in [0.4, 0.5) is 0 Å². The molecule has 0 heterocycles. The van der Waals surface area contributed by atoms with Gasteiger partial charge in [0.2, 0.25) is 0 Å². The number of carbonyl (C=O) groups is 1. The van der Waals surface area contributed by atoms with E-state index in [2.05, 4.69) is 0 Å². The monoisotopic (exact) mass is 187 g/mol. The zero-order chi connectivity index (χ0) is 10.1. The van der Waals surface area contributed by atoms with Gasteiger partial charge in [-0.25, -0.2) is 0 Å². The third-order valence-corrected chi connectivity index (χ3v) is 1.30. The first-order valence-electron chi connectivity index (χ1n) is 3.73. The molecular weight excluding hydrogens is 174 g/mol. The summed E-state index contributed by atoms with van der Waals surface area (Å²) in [5, 5.41) is 25.2. The van der Waals surface area contributed by atoms with Crippen LogP contribution in [0.25, 0.3) is 0 Å². The number of aliphatic carboxylic acids is 1. The summed E-state index contributed by atoms with van der Waals surface area (Å²) >= 11 is 0. The SMILES string of the molecule is O=C(O)CN(CC=CO)CC=CO. The molecule has 0 spiro atoms. The van der Waals surface area contributed by atoms with Gasteiger partial charge in [0.1, 0.15) is 0 Å². The molecule has 0 bridgehead atoms. The quantitative estimate of drug-likeness (QED) is 0.528. The van der Waals surface area contributed by atoms with E-state index >= 15 is 0 Å². The Hall–Kier alpha value is -1.49. The first kappa shape index (κ1) is 11.5. The van der Waals surface area contributed by atoms with Crippen LogP contribution < -0.4 is 0 Å². The molecule has 0 rings (SSSR count). The molecule has 0 atom stereocenters. The maximum atomic E-state index is 10.3. The molecule has 74 valence electrons. The molecule has 0 aliphatic rings. The molecule has 0 aromatic heterocycles. The third kappa shape index (κ3) is 6.89. The number of carboxylic acids is 1. The van der Waals surface area contributed by atoms with Gasteiger partial charge in [-0.1, -0.05) is 0 Å². The van der Waals surface area contributed by atoms with E-state index in [1.54, 1.807) is 0 Å². The van der Waals surface area contributed by atoms with Crippen LogP contribution in [0.2, 0.25) is 0 Å². The standard InChI is InChI=1S/C8H13NO4/c10-5-1-3-9(4-2-6-11)7-8(12)13/h1-2,5-6,10-11H,3-4,7H2,(H,12,13). The predicted octanol–water partition coefficient (Wildman–Crippen LogP) is 0.516. The molecule has 0 aliphatic carbocycles. The third-order valence-electron chi connectivity index (χ3n) is 1.30. The van der Waals surface area contributed by atoms with Crippen LogP contribution in [0.5, 0.6) is 0 Å². The van der Waals surface area contributed by atoms with Crippen LogP contribution >= 0.6 is 0 Å². The van der Waals surface area contributed by atoms with E-state index in [-0.39, 0.29) is 6.54 Å². The van der Waals surface area contributed by atoms with Gasteiger partial charge in [0, 0.05) is 13.1 Å². The lowest BCUT2D eigenvalue weighted by atomic mass is 10.4. The summed E-state index contributed by atoms with van der Waals surface area (Å²) in [5.41, 5.74) is 0. The second-order valence-corrected chi connectivity index (χ2v) is 2.36. The minimum Gasteiger partial charge on any atom is -0.516 e. The molecule has 5 nitrogen and oxygen atoms in total. The fourth-order valence-electron chi connectivity index (χ4n) is 0.787. The molecule has 0 aliphatic heterocycles. The zero-order valence-corrected chi connectivity index (χ0v) is 7.13. The van der Waals surface area contributed by atoms with Gasteiger partial charge in [-0.05, 0) is 12.2 Å². The Morgan fingerprint density at radius 1 is 1.15 bits per heavy atom. The van der Waals surface area contributed by atoms with Crippen molar-refractivity contribution in [1.82, 2.24) is 4.90 Å². The van der Waals surface area contributed by atoms with E-state index in [1.165, 1.54) is 17.1 Å². The highest BCUT2D eigenvalue weighted by molar-refractivity contribution is 5.69. The molecule has 0 amide bonds. The van der Waals surface area contributed by atoms with Crippen molar-refractivity contribution in [3.8, 4) is 0 Å². The molecule has 0 radical (unpaired) electrons. The Bertz CT molecular complexity index is 186. The summed E-state index contributed by atoms with van der Waals surface area (Å²) in [6, 6.07) is 0. The minimum atomic E-state index is -0.947. The number of rotatable bonds is 6. The Kier molecular flexibility index (Phi) is 6.35. The summed E-state index contributed by atoms with van der Waals surface area (Å²) in [6.45, 7) is 0.523. The first-order valence-corrected chi connectivity index (χ1v) is 3.73. The van der Waals surface area contributed by atoms with Crippen molar-refractivity contribution in [3.63, 3.8) is 0 Å². The highest BCUT2D eigenvalue weighted by Gasteiger charge is 2.05. The lowest BCUT2D eigenvalue weighted by molar-refractivity contribution is -0.138. The van der Waals surface area contributed by atoms with E-state index in [1.807, 2.05) is 0 Å². The lowest BCUT2D eigenvalue weighted by Gasteiger charge is -2.14. The summed E-state index contributed by atoms with van der Waals surface area (Å²) in [5.74, 6) is -0.947. The number of hydrogen-bond donors (Lipinski definition) is 3. The number of aliphatic hydroxyl groups is 2. The first-order chi connectivity index (χ1) is 6.20. The molecule has 0 saturated heterocycles. The van der Waals surface area contributed by atoms with Crippen molar-refractivity contribution in [3.05, 3.63) is 24.7 Å². The maximum absolute atomic E-state index is 10.3. The van der Waals surface area contributed by atoms with Crippen LogP contribution in [0.1, 0.15) is 0 Å². The van der Waals surface area contributed by atoms with E-state index in [0.29, 0.717) is 13.1 Å². The Labute approximate surface area is 76.2 Å². The fourth-order valence-corrected chi connectivity index (χ4v) is 0.787. The Balaban J connectivity index is 3.93. The average molecular weight is 187 g/mol. The molecular formula is C8H13NO4. The van der Waals surface area contributed by atoms with Gasteiger partial charge >= 0.3 is 5.97 Å². The van der Waals surface area contributed by atoms with E-state index in [9.17, 15) is 4.79 Å². The topological polar surface area (TPSA) is 81.0 Å². The highest BCUT2D eigenvalue weighted by Crippen LogP contribution is 1.89. The van der Waals surface area contributed by atoms with Crippen molar-refractivity contribution in [1.29, 1.82) is 0 Å². The van der Waals surface area contributed by atoms with Crippen LogP contribution in [-0.2, 0) is 4.79 Å². The minimum absolute atomic E-state index is 0.130. The van der Waals surface area contributed by atoms with Gasteiger partial charge in [-0.3, -0.25) is 9.69 Å². The summed E-state index contributed by atoms with van der Waals surface area (Å²) in [6.07, 6.45) is 4.57. The molecule has 0 aromatic carbocycles. The zero-order valence-electron chi connectivity index (χ0n) is 7.13. The summed E-state index contributed by atoms with van der Waals surface area (Å²) < 4.78 is 0. The normalized spacial score (nSPS) is 11.8. The molecule has 13 heavy (non-hydrogen) atoms. The molecule has 0 unspecified atom stereocenters. The van der Waals surface area contributed by atoms with Gasteiger partial charge in [-0.2, -0.15) is 0 Å². The summed E-state index contributed by atoms with van der Waals surface area (Å²) in [7, 11) is 0. The number of aliphatic hydroxyl groups excluding tert-OH is 2. The lowest BCUT2D eigenvalue weighted by Crippen LogP contribution is -2.30. The average Bonchev–Trinajstić information content (AvgIpc) is 2.09. The molecule has 5 heteroatoms. The van der Waals surface area contributed by atoms with Crippen LogP contribution in [0.3, 0.4) is 0 Å². The molecule has 3 N–H and O–H groups in total. The molecule has 0 fully saturated rings. The number of hydrogen-bond acceptors (Lipinski definition) is 4. The van der Waals surface area contributed by atoms with Crippen LogP contribution in [0, 0.1) is 0 Å². The van der Waals surface area contributed by atoms with Gasteiger partial charge in [0.25, 0.3) is 0 Å². The highest BCUT2D eigenvalue weighted by atomic mass is 16.4. The van der Waals surface area contributed by atoms with E-state index in [0.717, 1.165) is 12.5 Å². The van der Waals surface area contributed by atoms with Gasteiger partial charge < -0.3 is 15.3 Å². The molecule has 0 saturated carbocycles. The van der Waals surface area contributed by atoms with Crippen molar-refractivity contribution in [2.75, 3.05) is 19.6 Å². The largest absolute Gasteiger partial charge is 0.516 e. The second-order valence-electron chi connectivity index (χ2n) is 2.36. The summed E-state index contributed by atoms with van der Waals surface area (Å²) in [4.78, 5) is 11.9. The smallest absolute Gasteiger partial charge is 0.317 e. The van der Waals surface area contributed by atoms with Gasteiger partial charge in [-0.15, -0.1) is 0 Å².